The molecular weight excluding hydrogens is 413 g/mol. The van der Waals surface area contributed by atoms with Crippen LogP contribution in [0.2, 0.25) is 10.0 Å². The lowest BCUT2D eigenvalue weighted by atomic mass is 9.98. The number of aliphatic carboxylic acids is 1. The van der Waals surface area contributed by atoms with Gasteiger partial charge in [-0.25, -0.2) is 9.78 Å². The summed E-state index contributed by atoms with van der Waals surface area (Å²) in [5.74, 6) is -0.548. The Kier molecular flexibility index (Phi) is 6.30. The Labute approximate surface area is 178 Å². The summed E-state index contributed by atoms with van der Waals surface area (Å²) in [5.41, 5.74) is 4.46. The molecule has 0 unspecified atom stereocenters. The molecule has 3 aromatic rings. The van der Waals surface area contributed by atoms with E-state index in [0.717, 1.165) is 22.4 Å². The predicted octanol–water partition coefficient (Wildman–Crippen LogP) is 5.43. The van der Waals surface area contributed by atoms with Crippen LogP contribution < -0.4 is 4.74 Å². The van der Waals surface area contributed by atoms with E-state index >= 15 is 0 Å². The Morgan fingerprint density at radius 3 is 2.55 bits per heavy atom. The second-order valence-corrected chi connectivity index (χ2v) is 7.47. The molecule has 0 saturated heterocycles. The van der Waals surface area contributed by atoms with E-state index in [4.69, 9.17) is 33.0 Å². The summed E-state index contributed by atoms with van der Waals surface area (Å²) in [7, 11) is 0. The van der Waals surface area contributed by atoms with E-state index in [9.17, 15) is 9.90 Å². The quantitative estimate of drug-likeness (QED) is 0.543. The zero-order valence-corrected chi connectivity index (χ0v) is 17.4. The SMILES string of the molecule is Cc1c(OCC(=O)O)cc(Cl)c(Cc2ccc(O)c(-c3cccc(Cl)c3)n2)c1C. The number of hydrogen-bond donors (Lipinski definition) is 2. The molecule has 0 fully saturated rings. The minimum Gasteiger partial charge on any atom is -0.506 e. The van der Waals surface area contributed by atoms with Crippen LogP contribution in [0.25, 0.3) is 11.3 Å². The van der Waals surface area contributed by atoms with Crippen molar-refractivity contribution in [1.29, 1.82) is 0 Å². The highest BCUT2D eigenvalue weighted by Crippen LogP contribution is 2.34. The largest absolute Gasteiger partial charge is 0.506 e. The van der Waals surface area contributed by atoms with Gasteiger partial charge in [0.05, 0.1) is 0 Å². The molecule has 0 bridgehead atoms. The minimum atomic E-state index is -1.05. The van der Waals surface area contributed by atoms with Gasteiger partial charge >= 0.3 is 5.97 Å². The highest BCUT2D eigenvalue weighted by molar-refractivity contribution is 6.31. The third kappa shape index (κ3) is 4.81. The molecule has 150 valence electrons. The molecule has 0 spiro atoms. The standard InChI is InChI=1S/C22H19Cl2NO4/c1-12-13(2)20(29-11-21(27)28)10-18(24)17(12)9-16-6-7-19(26)22(25-16)14-4-3-5-15(23)8-14/h3-8,10,26H,9,11H2,1-2H3,(H,27,28). The normalized spacial score (nSPS) is 10.8. The molecule has 29 heavy (non-hydrogen) atoms. The van der Waals surface area contributed by atoms with Gasteiger partial charge in [-0.2, -0.15) is 0 Å². The van der Waals surface area contributed by atoms with Gasteiger partial charge < -0.3 is 14.9 Å². The van der Waals surface area contributed by atoms with Crippen molar-refractivity contribution in [3.8, 4) is 22.8 Å². The molecule has 1 heterocycles. The van der Waals surface area contributed by atoms with Gasteiger partial charge in [-0.05, 0) is 60.9 Å². The first-order valence-electron chi connectivity index (χ1n) is 8.84. The first-order valence-corrected chi connectivity index (χ1v) is 9.60. The van der Waals surface area contributed by atoms with Gasteiger partial charge in [0.2, 0.25) is 0 Å². The maximum Gasteiger partial charge on any atom is 0.341 e. The van der Waals surface area contributed by atoms with Gasteiger partial charge in [0, 0.05) is 27.7 Å². The smallest absolute Gasteiger partial charge is 0.341 e. The van der Waals surface area contributed by atoms with Crippen LogP contribution in [0.4, 0.5) is 0 Å². The second-order valence-electron chi connectivity index (χ2n) is 6.62. The number of aromatic nitrogens is 1. The molecule has 2 N–H and O–H groups in total. The number of aromatic hydroxyl groups is 1. The highest BCUT2D eigenvalue weighted by Gasteiger charge is 2.16. The van der Waals surface area contributed by atoms with Crippen LogP contribution in [0.5, 0.6) is 11.5 Å². The fourth-order valence-corrected chi connectivity index (χ4v) is 3.53. The Balaban J connectivity index is 1.95. The van der Waals surface area contributed by atoms with Crippen molar-refractivity contribution >= 4 is 29.2 Å². The molecule has 0 amide bonds. The lowest BCUT2D eigenvalue weighted by Crippen LogP contribution is -2.11. The Morgan fingerprint density at radius 2 is 1.86 bits per heavy atom. The number of carboxylic acids is 1. The van der Waals surface area contributed by atoms with Crippen molar-refractivity contribution in [2.75, 3.05) is 6.61 Å². The van der Waals surface area contributed by atoms with Crippen LogP contribution in [-0.2, 0) is 11.2 Å². The summed E-state index contributed by atoms with van der Waals surface area (Å²) in [6.07, 6.45) is 0.443. The van der Waals surface area contributed by atoms with Gasteiger partial charge in [-0.3, -0.25) is 0 Å². The molecule has 5 nitrogen and oxygen atoms in total. The van der Waals surface area contributed by atoms with Crippen molar-refractivity contribution in [3.05, 3.63) is 74.9 Å². The first-order chi connectivity index (χ1) is 13.8. The molecule has 0 radical (unpaired) electrons. The average Bonchev–Trinajstić information content (AvgIpc) is 2.68. The number of rotatable bonds is 6. The maximum atomic E-state index is 10.8. The number of hydrogen-bond acceptors (Lipinski definition) is 4. The first kappa shape index (κ1) is 21.0. The summed E-state index contributed by atoms with van der Waals surface area (Å²) < 4.78 is 5.32. The highest BCUT2D eigenvalue weighted by atomic mass is 35.5. The van der Waals surface area contributed by atoms with Gasteiger partial charge in [-0.15, -0.1) is 0 Å². The number of halogens is 2. The zero-order valence-electron chi connectivity index (χ0n) is 15.9. The Morgan fingerprint density at radius 1 is 1.10 bits per heavy atom. The van der Waals surface area contributed by atoms with E-state index in [0.29, 0.717) is 33.5 Å². The van der Waals surface area contributed by atoms with Crippen LogP contribution in [0.15, 0.2) is 42.5 Å². The average molecular weight is 432 g/mol. The van der Waals surface area contributed by atoms with Crippen molar-refractivity contribution < 1.29 is 19.7 Å². The summed E-state index contributed by atoms with van der Waals surface area (Å²) in [4.78, 5) is 15.4. The van der Waals surface area contributed by atoms with Crippen LogP contribution in [0.3, 0.4) is 0 Å². The molecule has 2 aromatic carbocycles. The van der Waals surface area contributed by atoms with Crippen LogP contribution in [0.1, 0.15) is 22.4 Å². The maximum absolute atomic E-state index is 10.8. The zero-order chi connectivity index (χ0) is 21.1. The fourth-order valence-electron chi connectivity index (χ4n) is 3.03. The van der Waals surface area contributed by atoms with Crippen molar-refractivity contribution in [3.63, 3.8) is 0 Å². The van der Waals surface area contributed by atoms with Gasteiger partial charge in [0.15, 0.2) is 6.61 Å². The number of ether oxygens (including phenoxy) is 1. The van der Waals surface area contributed by atoms with Gasteiger partial charge in [0.1, 0.15) is 17.2 Å². The van der Waals surface area contributed by atoms with Gasteiger partial charge in [-0.1, -0.05) is 35.3 Å². The summed E-state index contributed by atoms with van der Waals surface area (Å²) in [6.45, 7) is 3.33. The Hall–Kier alpha value is -2.76. The summed E-state index contributed by atoms with van der Waals surface area (Å²) in [5, 5.41) is 20.1. The summed E-state index contributed by atoms with van der Waals surface area (Å²) in [6, 6.07) is 12.1. The molecule has 0 aliphatic rings. The lowest BCUT2D eigenvalue weighted by molar-refractivity contribution is -0.139. The van der Waals surface area contributed by atoms with E-state index in [1.807, 2.05) is 19.9 Å². The third-order valence-corrected chi connectivity index (χ3v) is 5.24. The summed E-state index contributed by atoms with van der Waals surface area (Å²) >= 11 is 12.5. The van der Waals surface area contributed by atoms with Crippen LogP contribution in [0, 0.1) is 13.8 Å². The van der Waals surface area contributed by atoms with Crippen molar-refractivity contribution in [2.24, 2.45) is 0 Å². The molecule has 0 saturated carbocycles. The molecule has 0 atom stereocenters. The molecule has 1 aromatic heterocycles. The number of carboxylic acid groups (broad SMARTS) is 1. The van der Waals surface area contributed by atoms with Crippen LogP contribution in [-0.4, -0.2) is 27.8 Å². The number of carbonyl (C=O) groups is 1. The lowest BCUT2D eigenvalue weighted by Gasteiger charge is -2.16. The predicted molar refractivity (Wildman–Crippen MR) is 113 cm³/mol. The molecular formula is C22H19Cl2NO4. The monoisotopic (exact) mass is 431 g/mol. The van der Waals surface area contributed by atoms with E-state index < -0.39 is 12.6 Å². The van der Waals surface area contributed by atoms with Crippen molar-refractivity contribution in [2.45, 2.75) is 20.3 Å². The molecule has 7 heteroatoms. The minimum absolute atomic E-state index is 0.0624. The van der Waals surface area contributed by atoms with E-state index in [1.54, 1.807) is 36.4 Å². The van der Waals surface area contributed by atoms with E-state index in [1.165, 1.54) is 0 Å². The van der Waals surface area contributed by atoms with Crippen molar-refractivity contribution in [1.82, 2.24) is 4.98 Å². The third-order valence-electron chi connectivity index (χ3n) is 4.67. The number of benzene rings is 2. The van der Waals surface area contributed by atoms with E-state index in [-0.39, 0.29) is 5.75 Å². The fraction of sp³-hybridized carbons (Fsp3) is 0.182. The topological polar surface area (TPSA) is 79.7 Å². The Bertz CT molecular complexity index is 1080. The second kappa shape index (κ2) is 8.72. The molecule has 3 rings (SSSR count). The molecule has 0 aliphatic carbocycles. The van der Waals surface area contributed by atoms with E-state index in [2.05, 4.69) is 4.98 Å². The van der Waals surface area contributed by atoms with Crippen LogP contribution >= 0.6 is 23.2 Å². The number of pyridine rings is 1. The molecule has 0 aliphatic heterocycles. The van der Waals surface area contributed by atoms with Gasteiger partial charge in [0.25, 0.3) is 0 Å². The number of nitrogens with zero attached hydrogens (tertiary/aromatic N) is 1.